The molecular formula is C17H23N3O. The lowest BCUT2D eigenvalue weighted by atomic mass is 9.98. The van der Waals surface area contributed by atoms with Gasteiger partial charge in [0.15, 0.2) is 0 Å². The molecule has 0 spiro atoms. The molecule has 1 aromatic carbocycles. The van der Waals surface area contributed by atoms with Crippen molar-refractivity contribution in [3.8, 4) is 6.07 Å². The van der Waals surface area contributed by atoms with Gasteiger partial charge >= 0.3 is 0 Å². The molecule has 0 saturated heterocycles. The Morgan fingerprint density at radius 2 is 2.05 bits per heavy atom. The summed E-state index contributed by atoms with van der Waals surface area (Å²) in [4.78, 5) is 14.1. The second-order valence-corrected chi connectivity index (χ2v) is 6.29. The molecule has 1 fully saturated rings. The molecule has 1 aromatic rings. The van der Waals surface area contributed by atoms with E-state index in [9.17, 15) is 10.1 Å². The molecule has 0 unspecified atom stereocenters. The Morgan fingerprint density at radius 1 is 1.43 bits per heavy atom. The van der Waals surface area contributed by atoms with Gasteiger partial charge in [0.1, 0.15) is 5.54 Å². The van der Waals surface area contributed by atoms with Crippen molar-refractivity contribution in [3.05, 3.63) is 35.4 Å². The van der Waals surface area contributed by atoms with Crippen LogP contribution in [0.25, 0.3) is 0 Å². The number of carbonyl (C=O) groups is 1. The van der Waals surface area contributed by atoms with Crippen LogP contribution in [0.3, 0.4) is 0 Å². The minimum atomic E-state index is -0.707. The molecule has 1 N–H and O–H groups in total. The molecule has 1 amide bonds. The molecule has 1 atom stereocenters. The summed E-state index contributed by atoms with van der Waals surface area (Å²) in [6.07, 6.45) is 2.06. The quantitative estimate of drug-likeness (QED) is 0.872. The Labute approximate surface area is 126 Å². The van der Waals surface area contributed by atoms with Crippen molar-refractivity contribution in [3.63, 3.8) is 0 Å². The van der Waals surface area contributed by atoms with Crippen LogP contribution in [0.1, 0.15) is 30.9 Å². The second-order valence-electron chi connectivity index (χ2n) is 6.29. The summed E-state index contributed by atoms with van der Waals surface area (Å²) in [6.45, 7) is 4.91. The van der Waals surface area contributed by atoms with Gasteiger partial charge in [-0.1, -0.05) is 29.8 Å². The lowest BCUT2D eigenvalue weighted by Gasteiger charge is -2.25. The minimum absolute atomic E-state index is 0.0828. The van der Waals surface area contributed by atoms with Crippen molar-refractivity contribution in [1.29, 1.82) is 5.26 Å². The van der Waals surface area contributed by atoms with Crippen LogP contribution < -0.4 is 5.32 Å². The van der Waals surface area contributed by atoms with E-state index in [-0.39, 0.29) is 5.91 Å². The summed E-state index contributed by atoms with van der Waals surface area (Å²) in [5, 5.41) is 12.2. The fraction of sp³-hybridized carbons (Fsp3) is 0.529. The zero-order valence-corrected chi connectivity index (χ0v) is 13.0. The highest BCUT2D eigenvalue weighted by molar-refractivity contribution is 5.79. The van der Waals surface area contributed by atoms with E-state index in [1.165, 1.54) is 11.1 Å². The van der Waals surface area contributed by atoms with Gasteiger partial charge in [0.25, 0.3) is 0 Å². The molecule has 4 heteroatoms. The van der Waals surface area contributed by atoms with Crippen molar-refractivity contribution in [1.82, 2.24) is 10.2 Å². The van der Waals surface area contributed by atoms with Crippen molar-refractivity contribution >= 4 is 5.91 Å². The first kappa shape index (κ1) is 15.5. The zero-order valence-electron chi connectivity index (χ0n) is 13.0. The van der Waals surface area contributed by atoms with Gasteiger partial charge in [-0.25, -0.2) is 0 Å². The molecule has 4 nitrogen and oxygen atoms in total. The average molecular weight is 285 g/mol. The van der Waals surface area contributed by atoms with Crippen molar-refractivity contribution < 1.29 is 4.79 Å². The maximum absolute atomic E-state index is 12.1. The van der Waals surface area contributed by atoms with Gasteiger partial charge in [0.2, 0.25) is 5.91 Å². The normalized spacial score (nSPS) is 17.1. The summed E-state index contributed by atoms with van der Waals surface area (Å²) in [7, 11) is 1.92. The molecule has 0 bridgehead atoms. The highest BCUT2D eigenvalue weighted by Gasteiger charge is 2.42. The predicted molar refractivity (Wildman–Crippen MR) is 82.4 cm³/mol. The smallest absolute Gasteiger partial charge is 0.235 e. The summed E-state index contributed by atoms with van der Waals surface area (Å²) in [5.74, 6) is 0.231. The first-order valence-corrected chi connectivity index (χ1v) is 7.39. The van der Waals surface area contributed by atoms with Gasteiger partial charge in [0, 0.05) is 6.54 Å². The van der Waals surface area contributed by atoms with Crippen LogP contribution in [-0.2, 0) is 11.3 Å². The SMILES string of the molecule is Cc1ccc(CN(C)CC(=O)N[C@](C)(C#N)C2CC2)cc1. The maximum atomic E-state index is 12.1. The Hall–Kier alpha value is -1.86. The zero-order chi connectivity index (χ0) is 15.5. The molecule has 2 rings (SSSR count). The van der Waals surface area contributed by atoms with Gasteiger partial charge in [0.05, 0.1) is 12.6 Å². The number of nitriles is 1. The molecule has 1 saturated carbocycles. The Bertz CT molecular complexity index is 542. The van der Waals surface area contributed by atoms with E-state index in [0.717, 1.165) is 19.4 Å². The number of benzene rings is 1. The van der Waals surface area contributed by atoms with Crippen LogP contribution in [-0.4, -0.2) is 29.9 Å². The topological polar surface area (TPSA) is 56.1 Å². The summed E-state index contributed by atoms with van der Waals surface area (Å²) < 4.78 is 0. The highest BCUT2D eigenvalue weighted by atomic mass is 16.2. The fourth-order valence-electron chi connectivity index (χ4n) is 2.52. The van der Waals surface area contributed by atoms with Gasteiger partial charge in [-0.2, -0.15) is 5.26 Å². The van der Waals surface area contributed by atoms with Crippen LogP contribution >= 0.6 is 0 Å². The largest absolute Gasteiger partial charge is 0.337 e. The molecular weight excluding hydrogens is 262 g/mol. The molecule has 1 aliphatic rings. The number of amides is 1. The van der Waals surface area contributed by atoms with E-state index in [1.807, 2.05) is 18.9 Å². The van der Waals surface area contributed by atoms with Crippen LogP contribution in [0.5, 0.6) is 0 Å². The van der Waals surface area contributed by atoms with Crippen molar-refractivity contribution in [2.24, 2.45) is 5.92 Å². The first-order chi connectivity index (χ1) is 9.93. The predicted octanol–water partition coefficient (Wildman–Crippen LogP) is 2.24. The maximum Gasteiger partial charge on any atom is 0.235 e. The van der Waals surface area contributed by atoms with Crippen molar-refractivity contribution in [2.45, 2.75) is 38.8 Å². The van der Waals surface area contributed by atoms with E-state index in [1.54, 1.807) is 0 Å². The van der Waals surface area contributed by atoms with Gasteiger partial charge in [-0.3, -0.25) is 9.69 Å². The van der Waals surface area contributed by atoms with Gasteiger partial charge in [-0.15, -0.1) is 0 Å². The third-order valence-corrected chi connectivity index (χ3v) is 4.01. The third-order valence-electron chi connectivity index (χ3n) is 4.01. The van der Waals surface area contributed by atoms with E-state index >= 15 is 0 Å². The number of aryl methyl sites for hydroxylation is 1. The van der Waals surface area contributed by atoms with Crippen LogP contribution in [0, 0.1) is 24.2 Å². The van der Waals surface area contributed by atoms with E-state index < -0.39 is 5.54 Å². The van der Waals surface area contributed by atoms with Gasteiger partial charge < -0.3 is 5.32 Å². The summed E-state index contributed by atoms with van der Waals surface area (Å²) in [6, 6.07) is 10.5. The fourth-order valence-corrected chi connectivity index (χ4v) is 2.52. The second kappa shape index (κ2) is 6.28. The number of hydrogen-bond acceptors (Lipinski definition) is 3. The number of rotatable bonds is 6. The number of likely N-dealkylation sites (N-methyl/N-ethyl adjacent to an activating group) is 1. The van der Waals surface area contributed by atoms with Crippen LogP contribution in [0.4, 0.5) is 0 Å². The molecule has 112 valence electrons. The molecule has 0 aromatic heterocycles. The molecule has 21 heavy (non-hydrogen) atoms. The molecule has 1 aliphatic carbocycles. The van der Waals surface area contributed by atoms with Crippen molar-refractivity contribution in [2.75, 3.05) is 13.6 Å². The summed E-state index contributed by atoms with van der Waals surface area (Å²) in [5.41, 5.74) is 1.71. The number of nitrogens with zero attached hydrogens (tertiary/aromatic N) is 2. The number of hydrogen-bond donors (Lipinski definition) is 1. The van der Waals surface area contributed by atoms with E-state index in [0.29, 0.717) is 12.5 Å². The highest BCUT2D eigenvalue weighted by Crippen LogP contribution is 2.39. The number of carbonyl (C=O) groups excluding carboxylic acids is 1. The molecule has 0 radical (unpaired) electrons. The molecule has 0 heterocycles. The van der Waals surface area contributed by atoms with Gasteiger partial charge in [-0.05, 0) is 45.2 Å². The third kappa shape index (κ3) is 4.30. The Morgan fingerprint density at radius 3 is 2.57 bits per heavy atom. The standard InChI is InChI=1S/C17H23N3O/c1-13-4-6-14(7-5-13)10-20(3)11-16(21)19-17(2,12-18)15-8-9-15/h4-7,15H,8-11H2,1-3H3,(H,19,21)/t17-/m1/s1. The minimum Gasteiger partial charge on any atom is -0.337 e. The lowest BCUT2D eigenvalue weighted by molar-refractivity contribution is -0.123. The van der Waals surface area contributed by atoms with Crippen LogP contribution in [0.2, 0.25) is 0 Å². The Kier molecular flexibility index (Phi) is 4.64. The lowest BCUT2D eigenvalue weighted by Crippen LogP contribution is -2.49. The number of nitrogens with one attached hydrogen (secondary N) is 1. The van der Waals surface area contributed by atoms with Crippen LogP contribution in [0.15, 0.2) is 24.3 Å². The average Bonchev–Trinajstić information content (AvgIpc) is 3.25. The van der Waals surface area contributed by atoms with E-state index in [4.69, 9.17) is 0 Å². The van der Waals surface area contributed by atoms with E-state index in [2.05, 4.69) is 42.6 Å². The summed E-state index contributed by atoms with van der Waals surface area (Å²) >= 11 is 0. The first-order valence-electron chi connectivity index (χ1n) is 7.39. The monoisotopic (exact) mass is 285 g/mol. The Balaban J connectivity index is 1.84. The molecule has 0 aliphatic heterocycles.